The summed E-state index contributed by atoms with van der Waals surface area (Å²) in [5.74, 6) is -0.282. The average molecular weight is 517 g/mol. The Morgan fingerprint density at radius 1 is 1.06 bits per heavy atom. The van der Waals surface area contributed by atoms with Gasteiger partial charge in [0.05, 0.1) is 13.2 Å². The van der Waals surface area contributed by atoms with Crippen LogP contribution in [0.15, 0.2) is 24.3 Å². The molecule has 0 unspecified atom stereocenters. The summed E-state index contributed by atoms with van der Waals surface area (Å²) in [7, 11) is 2.18. The van der Waals surface area contributed by atoms with E-state index in [-0.39, 0.29) is 11.8 Å². The molecule has 2 amide bonds. The van der Waals surface area contributed by atoms with E-state index in [0.717, 1.165) is 50.2 Å². The van der Waals surface area contributed by atoms with Gasteiger partial charge < -0.3 is 24.8 Å². The van der Waals surface area contributed by atoms with Gasteiger partial charge in [0.2, 0.25) is 5.91 Å². The molecule has 196 valence electrons. The van der Waals surface area contributed by atoms with E-state index in [1.807, 2.05) is 17.0 Å². The van der Waals surface area contributed by atoms with Crippen LogP contribution < -0.4 is 5.32 Å². The molecule has 36 heavy (non-hydrogen) atoms. The third-order valence-corrected chi connectivity index (χ3v) is 8.04. The maximum Gasteiger partial charge on any atom is 0.268 e. The first-order valence-corrected chi connectivity index (χ1v) is 13.4. The third-order valence-electron chi connectivity index (χ3n) is 7.81. The number of hydrogen-bond acceptors (Lipinski definition) is 6. The number of benzene rings is 1. The predicted molar refractivity (Wildman–Crippen MR) is 140 cm³/mol. The molecule has 0 saturated carbocycles. The molecule has 0 spiro atoms. The number of hydrogen-bond donors (Lipinski definition) is 2. The number of ether oxygens (including phenoxy) is 1. The first-order chi connectivity index (χ1) is 17.5. The van der Waals surface area contributed by atoms with Crippen LogP contribution in [0.1, 0.15) is 23.3 Å². The highest BCUT2D eigenvalue weighted by Gasteiger charge is 2.33. The lowest BCUT2D eigenvalue weighted by molar-refractivity contribution is -0.136. The number of rotatable bonds is 6. The SMILES string of the molecule is CN1CCC(N2CCN(C(=O)[C@@H](CN3CCOCC3)NC(=O)c3cc4cc(Cl)ccc4[nH]3)CC2)CC1. The topological polar surface area (TPSA) is 84.2 Å². The fraction of sp³-hybridized carbons (Fsp3) is 0.615. The molecule has 1 atom stereocenters. The molecule has 1 aromatic carbocycles. The number of morpholine rings is 1. The van der Waals surface area contributed by atoms with Crippen molar-refractivity contribution in [1.29, 1.82) is 0 Å². The van der Waals surface area contributed by atoms with Gasteiger partial charge in [-0.15, -0.1) is 0 Å². The van der Waals surface area contributed by atoms with Crippen LogP contribution in [0.4, 0.5) is 0 Å². The molecule has 9 nitrogen and oxygen atoms in total. The van der Waals surface area contributed by atoms with Gasteiger partial charge >= 0.3 is 0 Å². The van der Waals surface area contributed by atoms with Crippen LogP contribution >= 0.6 is 11.6 Å². The van der Waals surface area contributed by atoms with Gasteiger partial charge in [0.1, 0.15) is 11.7 Å². The van der Waals surface area contributed by atoms with Gasteiger partial charge in [-0.1, -0.05) is 11.6 Å². The smallest absolute Gasteiger partial charge is 0.268 e. The Bertz CT molecular complexity index is 1060. The van der Waals surface area contributed by atoms with Crippen LogP contribution in [0.25, 0.3) is 10.9 Å². The number of piperidine rings is 1. The number of fused-ring (bicyclic) bond motifs is 1. The first kappa shape index (κ1) is 25.5. The Balaban J connectivity index is 1.24. The van der Waals surface area contributed by atoms with E-state index in [4.69, 9.17) is 16.3 Å². The third kappa shape index (κ3) is 6.03. The van der Waals surface area contributed by atoms with Crippen LogP contribution in [-0.4, -0.2) is 128 Å². The second-order valence-corrected chi connectivity index (χ2v) is 10.7. The summed E-state index contributed by atoms with van der Waals surface area (Å²) in [6, 6.07) is 7.25. The van der Waals surface area contributed by atoms with Crippen LogP contribution in [0.5, 0.6) is 0 Å². The highest BCUT2D eigenvalue weighted by atomic mass is 35.5. The summed E-state index contributed by atoms with van der Waals surface area (Å²) in [4.78, 5) is 39.1. The Hall–Kier alpha value is -2.17. The molecule has 3 aliphatic rings. The zero-order valence-corrected chi connectivity index (χ0v) is 21.8. The molecule has 3 aliphatic heterocycles. The van der Waals surface area contributed by atoms with Crippen LogP contribution in [-0.2, 0) is 9.53 Å². The molecule has 1 aromatic heterocycles. The molecule has 3 saturated heterocycles. The Labute approximate surface area is 217 Å². The number of halogens is 1. The van der Waals surface area contributed by atoms with Crippen molar-refractivity contribution in [3.05, 3.63) is 35.0 Å². The van der Waals surface area contributed by atoms with Crippen LogP contribution in [0, 0.1) is 0 Å². The Kier molecular flexibility index (Phi) is 8.12. The predicted octanol–water partition coefficient (Wildman–Crippen LogP) is 1.49. The lowest BCUT2D eigenvalue weighted by atomic mass is 10.0. The fourth-order valence-corrected chi connectivity index (χ4v) is 5.76. The number of carbonyl (C=O) groups excluding carboxylic acids is 2. The molecular weight excluding hydrogens is 480 g/mol. The lowest BCUT2D eigenvalue weighted by Gasteiger charge is -2.43. The minimum absolute atomic E-state index is 0.00275. The number of nitrogens with one attached hydrogen (secondary N) is 2. The van der Waals surface area contributed by atoms with Gasteiger partial charge in [0.15, 0.2) is 0 Å². The highest BCUT2D eigenvalue weighted by Crippen LogP contribution is 2.21. The molecule has 0 aliphatic carbocycles. The number of nitrogens with zero attached hydrogens (tertiary/aromatic N) is 4. The number of piperazine rings is 1. The largest absolute Gasteiger partial charge is 0.379 e. The van der Waals surface area contributed by atoms with E-state index < -0.39 is 6.04 Å². The summed E-state index contributed by atoms with van der Waals surface area (Å²) >= 11 is 6.11. The van der Waals surface area contributed by atoms with Crippen molar-refractivity contribution in [3.63, 3.8) is 0 Å². The molecular formula is C26H37ClN6O3. The molecule has 4 heterocycles. The van der Waals surface area contributed by atoms with Crippen LogP contribution in [0.3, 0.4) is 0 Å². The van der Waals surface area contributed by atoms with Crippen molar-refractivity contribution in [1.82, 2.24) is 29.9 Å². The van der Waals surface area contributed by atoms with Crippen LogP contribution in [0.2, 0.25) is 5.02 Å². The minimum Gasteiger partial charge on any atom is -0.379 e. The van der Waals surface area contributed by atoms with Crippen molar-refractivity contribution in [2.75, 3.05) is 79.2 Å². The highest BCUT2D eigenvalue weighted by molar-refractivity contribution is 6.31. The van der Waals surface area contributed by atoms with E-state index in [9.17, 15) is 9.59 Å². The van der Waals surface area contributed by atoms with Gasteiger partial charge in [-0.2, -0.15) is 0 Å². The fourth-order valence-electron chi connectivity index (χ4n) is 5.58. The second kappa shape index (κ2) is 11.5. The molecule has 5 rings (SSSR count). The molecule has 0 radical (unpaired) electrons. The summed E-state index contributed by atoms with van der Waals surface area (Å²) in [6.07, 6.45) is 2.38. The quantitative estimate of drug-likeness (QED) is 0.605. The van der Waals surface area contributed by atoms with Gasteiger partial charge in [-0.3, -0.25) is 19.4 Å². The maximum atomic E-state index is 13.7. The Morgan fingerprint density at radius 2 is 1.78 bits per heavy atom. The molecule has 2 N–H and O–H groups in total. The molecule has 10 heteroatoms. The second-order valence-electron chi connectivity index (χ2n) is 10.2. The van der Waals surface area contributed by atoms with E-state index in [1.165, 1.54) is 12.8 Å². The van der Waals surface area contributed by atoms with E-state index >= 15 is 0 Å². The Morgan fingerprint density at radius 3 is 2.50 bits per heavy atom. The van der Waals surface area contributed by atoms with Gasteiger partial charge in [-0.25, -0.2) is 0 Å². The number of likely N-dealkylation sites (tertiary alicyclic amines) is 1. The number of H-pyrrole nitrogens is 1. The van der Waals surface area contributed by atoms with Crippen molar-refractivity contribution >= 4 is 34.3 Å². The van der Waals surface area contributed by atoms with Gasteiger partial charge in [0.25, 0.3) is 5.91 Å². The van der Waals surface area contributed by atoms with E-state index in [1.54, 1.807) is 12.1 Å². The van der Waals surface area contributed by atoms with E-state index in [0.29, 0.717) is 49.6 Å². The lowest BCUT2D eigenvalue weighted by Crippen LogP contribution is -2.60. The number of aromatic amines is 1. The van der Waals surface area contributed by atoms with Gasteiger partial charge in [-0.05, 0) is 57.2 Å². The molecule has 2 aromatic rings. The van der Waals surface area contributed by atoms with Crippen molar-refractivity contribution in [2.24, 2.45) is 0 Å². The standard InChI is InChI=1S/C26H37ClN6O3/c1-30-6-4-21(5-7-30)32-8-10-33(11-9-32)26(35)24(18-31-12-14-36-15-13-31)29-25(34)23-17-19-16-20(27)2-3-22(19)28-23/h2-3,16-17,21,24,28H,4-15,18H2,1H3,(H,29,34)/t24-/m1/s1. The zero-order chi connectivity index (χ0) is 25.1. The summed E-state index contributed by atoms with van der Waals surface area (Å²) in [5.41, 5.74) is 1.27. The average Bonchev–Trinajstić information content (AvgIpc) is 3.32. The number of amides is 2. The molecule has 0 bridgehead atoms. The van der Waals surface area contributed by atoms with Crippen molar-refractivity contribution in [3.8, 4) is 0 Å². The molecule has 3 fully saturated rings. The maximum absolute atomic E-state index is 13.7. The summed E-state index contributed by atoms with van der Waals surface area (Å²) < 4.78 is 5.48. The zero-order valence-electron chi connectivity index (χ0n) is 21.0. The van der Waals surface area contributed by atoms with Crippen molar-refractivity contribution < 1.29 is 14.3 Å². The van der Waals surface area contributed by atoms with E-state index in [2.05, 4.69) is 32.0 Å². The monoisotopic (exact) mass is 516 g/mol. The number of aromatic nitrogens is 1. The number of carbonyl (C=O) groups is 2. The summed E-state index contributed by atoms with van der Waals surface area (Å²) in [6.45, 7) is 8.74. The summed E-state index contributed by atoms with van der Waals surface area (Å²) in [5, 5.41) is 4.52. The minimum atomic E-state index is -0.611. The normalized spacial score (nSPS) is 22.1. The van der Waals surface area contributed by atoms with Crippen molar-refractivity contribution in [2.45, 2.75) is 24.9 Å². The van der Waals surface area contributed by atoms with Gasteiger partial charge in [0, 0.05) is 67.8 Å². The first-order valence-electron chi connectivity index (χ1n) is 13.1.